The Morgan fingerprint density at radius 1 is 1.28 bits per heavy atom. The van der Waals surface area contributed by atoms with Gasteiger partial charge in [0.15, 0.2) is 5.69 Å². The van der Waals surface area contributed by atoms with Crippen molar-refractivity contribution >= 4 is 29.5 Å². The van der Waals surface area contributed by atoms with Crippen LogP contribution in [0.15, 0.2) is 51.9 Å². The number of carboxylic acids is 1. The molecule has 0 atom stereocenters. The number of rotatable bonds is 4. The fraction of sp³-hybridized carbons (Fsp3) is 0. The maximum Gasteiger partial charge on any atom is 0.337 e. The van der Waals surface area contributed by atoms with Crippen LogP contribution in [0.4, 0.5) is 10.1 Å². The van der Waals surface area contributed by atoms with Crippen molar-refractivity contribution < 1.29 is 23.8 Å². The van der Waals surface area contributed by atoms with E-state index in [4.69, 9.17) is 21.1 Å². The van der Waals surface area contributed by atoms with Gasteiger partial charge < -0.3 is 14.6 Å². The minimum atomic E-state index is -1.18. The van der Waals surface area contributed by atoms with Crippen LogP contribution >= 0.6 is 11.6 Å². The van der Waals surface area contributed by atoms with E-state index in [1.165, 1.54) is 36.4 Å². The van der Waals surface area contributed by atoms with Crippen molar-refractivity contribution in [1.82, 2.24) is 4.98 Å². The first-order valence-corrected chi connectivity index (χ1v) is 7.35. The Bertz CT molecular complexity index is 985. The topological polar surface area (TPSA) is 95.9 Å². The number of aliphatic imine (C=N–C) groups is 1. The lowest BCUT2D eigenvalue weighted by molar-refractivity contribution is 0.0698. The van der Waals surface area contributed by atoms with E-state index < -0.39 is 17.7 Å². The maximum atomic E-state index is 13.8. The van der Waals surface area contributed by atoms with Crippen LogP contribution in [0, 0.1) is 5.82 Å². The molecule has 0 saturated carbocycles. The third-order valence-corrected chi connectivity index (χ3v) is 3.49. The Morgan fingerprint density at radius 2 is 2.04 bits per heavy atom. The summed E-state index contributed by atoms with van der Waals surface area (Å²) < 4.78 is 18.8. The Hall–Kier alpha value is -3.19. The maximum absolute atomic E-state index is 13.8. The summed E-state index contributed by atoms with van der Waals surface area (Å²) in [5.74, 6) is -2.43. The second-order valence-electron chi connectivity index (χ2n) is 4.91. The highest BCUT2D eigenvalue weighted by atomic mass is 35.5. The number of hydrogen-bond acceptors (Lipinski definition) is 5. The zero-order valence-corrected chi connectivity index (χ0v) is 13.2. The van der Waals surface area contributed by atoms with Crippen LogP contribution < -0.4 is 0 Å². The number of halogens is 2. The molecule has 0 unspecified atom stereocenters. The summed E-state index contributed by atoms with van der Waals surface area (Å²) in [7, 11) is 0. The number of carbonyl (C=O) groups is 1. The number of aromatic hydroxyl groups is 1. The van der Waals surface area contributed by atoms with Crippen molar-refractivity contribution in [1.29, 1.82) is 0 Å². The molecule has 8 heteroatoms. The normalized spacial score (nSPS) is 11.1. The average molecular weight is 361 g/mol. The van der Waals surface area contributed by atoms with Crippen LogP contribution in [-0.4, -0.2) is 27.4 Å². The molecule has 25 heavy (non-hydrogen) atoms. The number of hydrogen-bond donors (Lipinski definition) is 2. The molecule has 0 saturated heterocycles. The number of oxazole rings is 1. The molecule has 1 aromatic heterocycles. The van der Waals surface area contributed by atoms with Crippen LogP contribution in [0.1, 0.15) is 16.1 Å². The van der Waals surface area contributed by atoms with Gasteiger partial charge in [-0.1, -0.05) is 23.7 Å². The number of benzene rings is 2. The second-order valence-corrected chi connectivity index (χ2v) is 5.35. The second kappa shape index (κ2) is 6.74. The van der Waals surface area contributed by atoms with Gasteiger partial charge in [0.25, 0.3) is 0 Å². The SMILES string of the molecule is O=C(O)c1ccc(Cl)cc1N=Cc1nc(-c2ccccc2F)oc1O. The minimum absolute atomic E-state index is 0.0713. The van der Waals surface area contributed by atoms with Gasteiger partial charge in [0.2, 0.25) is 5.89 Å². The van der Waals surface area contributed by atoms with Crippen molar-refractivity contribution in [3.8, 4) is 17.4 Å². The molecule has 0 fully saturated rings. The van der Waals surface area contributed by atoms with E-state index in [0.717, 1.165) is 6.21 Å². The Labute approximate surface area is 145 Å². The number of nitrogens with zero attached hydrogens (tertiary/aromatic N) is 2. The van der Waals surface area contributed by atoms with Crippen LogP contribution in [-0.2, 0) is 0 Å². The quantitative estimate of drug-likeness (QED) is 0.676. The molecule has 0 bridgehead atoms. The molecule has 0 radical (unpaired) electrons. The third kappa shape index (κ3) is 3.51. The van der Waals surface area contributed by atoms with Gasteiger partial charge in [0, 0.05) is 5.02 Å². The molecule has 2 N–H and O–H groups in total. The summed E-state index contributed by atoms with van der Waals surface area (Å²) in [6.45, 7) is 0. The third-order valence-electron chi connectivity index (χ3n) is 3.25. The summed E-state index contributed by atoms with van der Waals surface area (Å²) in [6, 6.07) is 9.88. The lowest BCUT2D eigenvalue weighted by Gasteiger charge is -2.00. The predicted octanol–water partition coefficient (Wildman–Crippen LogP) is 4.29. The Kier molecular flexibility index (Phi) is 4.49. The standard InChI is InChI=1S/C17H10ClFN2O4/c18-9-5-6-11(16(22)23)13(7-9)20-8-14-17(24)25-15(21-14)10-3-1-2-4-12(10)19/h1-8,24H,(H,22,23). The smallest absolute Gasteiger partial charge is 0.337 e. The average Bonchev–Trinajstić information content (AvgIpc) is 2.94. The van der Waals surface area contributed by atoms with E-state index in [9.17, 15) is 14.3 Å². The van der Waals surface area contributed by atoms with E-state index in [2.05, 4.69) is 9.98 Å². The predicted molar refractivity (Wildman–Crippen MR) is 89.2 cm³/mol. The van der Waals surface area contributed by atoms with Crippen LogP contribution in [0.5, 0.6) is 5.95 Å². The summed E-state index contributed by atoms with van der Waals surface area (Å²) in [6.07, 6.45) is 1.11. The lowest BCUT2D eigenvalue weighted by atomic mass is 10.2. The van der Waals surface area contributed by atoms with Gasteiger partial charge in [-0.2, -0.15) is 0 Å². The van der Waals surface area contributed by atoms with E-state index in [1.54, 1.807) is 6.07 Å². The van der Waals surface area contributed by atoms with E-state index >= 15 is 0 Å². The van der Waals surface area contributed by atoms with Gasteiger partial charge >= 0.3 is 11.9 Å². The molecule has 6 nitrogen and oxygen atoms in total. The molecular formula is C17H10ClFN2O4. The molecule has 0 aliphatic carbocycles. The molecular weight excluding hydrogens is 351 g/mol. The first kappa shape index (κ1) is 16.7. The molecule has 3 rings (SSSR count). The van der Waals surface area contributed by atoms with Gasteiger partial charge in [0.05, 0.1) is 23.0 Å². The van der Waals surface area contributed by atoms with E-state index in [-0.39, 0.29) is 28.4 Å². The van der Waals surface area contributed by atoms with Crippen molar-refractivity contribution in [3.63, 3.8) is 0 Å². The van der Waals surface area contributed by atoms with Crippen molar-refractivity contribution in [2.75, 3.05) is 0 Å². The van der Waals surface area contributed by atoms with Crippen LogP contribution in [0.25, 0.3) is 11.5 Å². The summed E-state index contributed by atoms with van der Waals surface area (Å²) in [5.41, 5.74) is 0.00815. The molecule has 0 amide bonds. The van der Waals surface area contributed by atoms with Gasteiger partial charge in [-0.05, 0) is 30.3 Å². The zero-order valence-electron chi connectivity index (χ0n) is 12.5. The molecule has 2 aromatic carbocycles. The molecule has 0 spiro atoms. The summed E-state index contributed by atoms with van der Waals surface area (Å²) in [4.78, 5) is 19.1. The van der Waals surface area contributed by atoms with Gasteiger partial charge in [-0.3, -0.25) is 4.99 Å². The van der Waals surface area contributed by atoms with Gasteiger partial charge in [-0.15, -0.1) is 0 Å². The Balaban J connectivity index is 1.97. The van der Waals surface area contributed by atoms with E-state index in [0.29, 0.717) is 5.02 Å². The van der Waals surface area contributed by atoms with Crippen molar-refractivity contribution in [2.24, 2.45) is 4.99 Å². The highest BCUT2D eigenvalue weighted by Crippen LogP contribution is 2.28. The largest absolute Gasteiger partial charge is 0.479 e. The van der Waals surface area contributed by atoms with Crippen molar-refractivity contribution in [2.45, 2.75) is 0 Å². The number of aromatic nitrogens is 1. The highest BCUT2D eigenvalue weighted by Gasteiger charge is 2.16. The molecule has 0 aliphatic rings. The number of carboxylic acid groups (broad SMARTS) is 1. The Morgan fingerprint density at radius 3 is 2.76 bits per heavy atom. The molecule has 0 aliphatic heterocycles. The minimum Gasteiger partial charge on any atom is -0.479 e. The number of aromatic carboxylic acids is 1. The van der Waals surface area contributed by atoms with Gasteiger partial charge in [0.1, 0.15) is 5.82 Å². The van der Waals surface area contributed by atoms with Crippen LogP contribution in [0.2, 0.25) is 5.02 Å². The zero-order chi connectivity index (χ0) is 18.0. The highest BCUT2D eigenvalue weighted by molar-refractivity contribution is 6.31. The molecule has 1 heterocycles. The van der Waals surface area contributed by atoms with Crippen LogP contribution in [0.3, 0.4) is 0 Å². The summed E-state index contributed by atoms with van der Waals surface area (Å²) >= 11 is 5.84. The summed E-state index contributed by atoms with van der Waals surface area (Å²) in [5, 5.41) is 19.3. The fourth-order valence-corrected chi connectivity index (χ4v) is 2.25. The first-order chi connectivity index (χ1) is 12.0. The first-order valence-electron chi connectivity index (χ1n) is 6.97. The lowest BCUT2D eigenvalue weighted by Crippen LogP contribution is -1.96. The fourth-order valence-electron chi connectivity index (χ4n) is 2.08. The van der Waals surface area contributed by atoms with Gasteiger partial charge in [-0.25, -0.2) is 14.2 Å². The molecule has 126 valence electrons. The van der Waals surface area contributed by atoms with E-state index in [1.807, 2.05) is 0 Å². The van der Waals surface area contributed by atoms with Crippen molar-refractivity contribution in [3.05, 3.63) is 64.6 Å². The monoisotopic (exact) mass is 360 g/mol. The molecule has 3 aromatic rings.